The SMILES string of the molecule is Nc1ncc(-c2ccccc2F)c(C2CCCCN2C(=O)Cc2ccccc2)n1. The molecule has 4 rings (SSSR count). The van der Waals surface area contributed by atoms with Crippen molar-refractivity contribution in [3.63, 3.8) is 0 Å². The molecule has 29 heavy (non-hydrogen) atoms. The molecule has 0 bridgehead atoms. The Labute approximate surface area is 169 Å². The topological polar surface area (TPSA) is 72.1 Å². The summed E-state index contributed by atoms with van der Waals surface area (Å²) in [5.41, 5.74) is 8.47. The molecule has 2 aromatic carbocycles. The van der Waals surface area contributed by atoms with Crippen LogP contribution >= 0.6 is 0 Å². The highest BCUT2D eigenvalue weighted by atomic mass is 19.1. The molecule has 3 aromatic rings. The molecule has 2 N–H and O–H groups in total. The van der Waals surface area contributed by atoms with E-state index in [-0.39, 0.29) is 23.7 Å². The van der Waals surface area contributed by atoms with Gasteiger partial charge in [0.2, 0.25) is 11.9 Å². The van der Waals surface area contributed by atoms with Gasteiger partial charge in [-0.15, -0.1) is 0 Å². The first-order chi connectivity index (χ1) is 14.1. The number of hydrogen-bond donors (Lipinski definition) is 1. The van der Waals surface area contributed by atoms with Crippen molar-refractivity contribution in [2.24, 2.45) is 0 Å². The average molecular weight is 390 g/mol. The molecular formula is C23H23FN4O. The Morgan fingerprint density at radius 1 is 1.07 bits per heavy atom. The molecule has 0 saturated carbocycles. The number of carbonyl (C=O) groups is 1. The first kappa shape index (κ1) is 19.1. The normalized spacial score (nSPS) is 16.6. The van der Waals surface area contributed by atoms with Gasteiger partial charge in [-0.25, -0.2) is 14.4 Å². The maximum atomic E-state index is 14.5. The van der Waals surface area contributed by atoms with E-state index in [2.05, 4.69) is 9.97 Å². The van der Waals surface area contributed by atoms with E-state index in [4.69, 9.17) is 5.73 Å². The third-order valence-corrected chi connectivity index (χ3v) is 5.34. The highest BCUT2D eigenvalue weighted by Crippen LogP contribution is 2.37. The molecule has 1 aromatic heterocycles. The summed E-state index contributed by atoms with van der Waals surface area (Å²) in [6, 6.07) is 16.0. The van der Waals surface area contributed by atoms with Crippen molar-refractivity contribution in [2.45, 2.75) is 31.7 Å². The van der Waals surface area contributed by atoms with Crippen LogP contribution in [0.4, 0.5) is 10.3 Å². The summed E-state index contributed by atoms with van der Waals surface area (Å²) in [5.74, 6) is -0.182. The Balaban J connectivity index is 1.71. The molecule has 1 atom stereocenters. The summed E-state index contributed by atoms with van der Waals surface area (Å²) in [7, 11) is 0. The van der Waals surface area contributed by atoms with Gasteiger partial charge < -0.3 is 10.6 Å². The van der Waals surface area contributed by atoms with Gasteiger partial charge >= 0.3 is 0 Å². The molecule has 1 fully saturated rings. The van der Waals surface area contributed by atoms with Crippen LogP contribution in [0, 0.1) is 5.82 Å². The lowest BCUT2D eigenvalue weighted by Crippen LogP contribution is -2.40. The van der Waals surface area contributed by atoms with E-state index in [1.807, 2.05) is 35.2 Å². The molecule has 1 saturated heterocycles. The number of nitrogens with zero attached hydrogens (tertiary/aromatic N) is 3. The molecule has 1 unspecified atom stereocenters. The number of nitrogens with two attached hydrogens (primary N) is 1. The number of aromatic nitrogens is 2. The maximum absolute atomic E-state index is 14.5. The average Bonchev–Trinajstić information content (AvgIpc) is 2.75. The number of carbonyl (C=O) groups excluding carboxylic acids is 1. The number of rotatable bonds is 4. The minimum atomic E-state index is -0.347. The Morgan fingerprint density at radius 3 is 2.62 bits per heavy atom. The number of hydrogen-bond acceptors (Lipinski definition) is 4. The fourth-order valence-electron chi connectivity index (χ4n) is 3.94. The molecule has 1 amide bonds. The highest BCUT2D eigenvalue weighted by Gasteiger charge is 2.31. The van der Waals surface area contributed by atoms with Gasteiger partial charge in [0.25, 0.3) is 0 Å². The minimum absolute atomic E-state index is 0.0394. The Morgan fingerprint density at radius 2 is 1.83 bits per heavy atom. The van der Waals surface area contributed by atoms with Crippen LogP contribution in [0.25, 0.3) is 11.1 Å². The summed E-state index contributed by atoms with van der Waals surface area (Å²) in [4.78, 5) is 23.5. The predicted octanol–water partition coefficient (Wildman–Crippen LogP) is 4.16. The van der Waals surface area contributed by atoms with Gasteiger partial charge in [0, 0.05) is 23.9 Å². The van der Waals surface area contributed by atoms with Crippen LogP contribution in [0.1, 0.15) is 36.6 Å². The van der Waals surface area contributed by atoms with Crippen molar-refractivity contribution in [3.8, 4) is 11.1 Å². The number of anilines is 1. The van der Waals surface area contributed by atoms with Crippen LogP contribution in [0.5, 0.6) is 0 Å². The van der Waals surface area contributed by atoms with Crippen LogP contribution < -0.4 is 5.73 Å². The van der Waals surface area contributed by atoms with Crippen molar-refractivity contribution >= 4 is 11.9 Å². The fourth-order valence-corrected chi connectivity index (χ4v) is 3.94. The van der Waals surface area contributed by atoms with E-state index in [0.29, 0.717) is 29.8 Å². The summed E-state index contributed by atoms with van der Waals surface area (Å²) >= 11 is 0. The number of nitrogen functional groups attached to an aromatic ring is 1. The molecule has 6 heteroatoms. The van der Waals surface area contributed by atoms with E-state index in [1.165, 1.54) is 6.07 Å². The summed E-state index contributed by atoms with van der Waals surface area (Å²) in [6.07, 6.45) is 4.56. The summed E-state index contributed by atoms with van der Waals surface area (Å²) in [5, 5.41) is 0. The number of amides is 1. The second-order valence-corrected chi connectivity index (χ2v) is 7.27. The monoisotopic (exact) mass is 390 g/mol. The van der Waals surface area contributed by atoms with E-state index in [9.17, 15) is 9.18 Å². The fraction of sp³-hybridized carbons (Fsp3) is 0.261. The first-order valence-corrected chi connectivity index (χ1v) is 9.84. The number of likely N-dealkylation sites (tertiary alicyclic amines) is 1. The lowest BCUT2D eigenvalue weighted by Gasteiger charge is -2.36. The quantitative estimate of drug-likeness (QED) is 0.726. The molecule has 1 aliphatic rings. The van der Waals surface area contributed by atoms with Gasteiger partial charge in [0.15, 0.2) is 0 Å². The van der Waals surface area contributed by atoms with Crippen LogP contribution in [-0.4, -0.2) is 27.3 Å². The Hall–Kier alpha value is -3.28. The lowest BCUT2D eigenvalue weighted by atomic mass is 9.93. The molecule has 0 radical (unpaired) electrons. The van der Waals surface area contributed by atoms with Gasteiger partial charge in [-0.05, 0) is 30.9 Å². The van der Waals surface area contributed by atoms with Crippen LogP contribution in [-0.2, 0) is 11.2 Å². The molecule has 148 valence electrons. The van der Waals surface area contributed by atoms with Crippen molar-refractivity contribution < 1.29 is 9.18 Å². The standard InChI is InChI=1S/C23H23FN4O/c24-19-11-5-4-10-17(19)18-15-26-23(25)27-22(18)20-12-6-7-13-28(20)21(29)14-16-8-2-1-3-9-16/h1-5,8-11,15,20H,6-7,12-14H2,(H2,25,26,27). The summed E-state index contributed by atoms with van der Waals surface area (Å²) < 4.78 is 14.5. The van der Waals surface area contributed by atoms with Crippen LogP contribution in [0.2, 0.25) is 0 Å². The number of benzene rings is 2. The minimum Gasteiger partial charge on any atom is -0.368 e. The molecule has 2 heterocycles. The molecule has 0 aliphatic carbocycles. The van der Waals surface area contributed by atoms with Gasteiger partial charge in [0.05, 0.1) is 18.2 Å². The highest BCUT2D eigenvalue weighted by molar-refractivity contribution is 5.80. The Kier molecular flexibility index (Phi) is 5.51. The van der Waals surface area contributed by atoms with Crippen molar-refractivity contribution in [1.82, 2.24) is 14.9 Å². The Bertz CT molecular complexity index is 1010. The first-order valence-electron chi connectivity index (χ1n) is 9.84. The molecule has 1 aliphatic heterocycles. The zero-order chi connectivity index (χ0) is 20.2. The maximum Gasteiger partial charge on any atom is 0.227 e. The van der Waals surface area contributed by atoms with E-state index in [0.717, 1.165) is 24.8 Å². The van der Waals surface area contributed by atoms with Crippen molar-refractivity contribution in [1.29, 1.82) is 0 Å². The third kappa shape index (κ3) is 4.11. The summed E-state index contributed by atoms with van der Waals surface area (Å²) in [6.45, 7) is 0.650. The van der Waals surface area contributed by atoms with Gasteiger partial charge in [-0.2, -0.15) is 0 Å². The second kappa shape index (κ2) is 8.39. The van der Waals surface area contributed by atoms with Crippen LogP contribution in [0.3, 0.4) is 0 Å². The van der Waals surface area contributed by atoms with E-state index < -0.39 is 0 Å². The van der Waals surface area contributed by atoms with Gasteiger partial charge in [-0.1, -0.05) is 48.5 Å². The predicted molar refractivity (Wildman–Crippen MR) is 110 cm³/mol. The molecule has 5 nitrogen and oxygen atoms in total. The number of halogens is 1. The second-order valence-electron chi connectivity index (χ2n) is 7.27. The largest absolute Gasteiger partial charge is 0.368 e. The zero-order valence-corrected chi connectivity index (χ0v) is 16.1. The molecular weight excluding hydrogens is 367 g/mol. The van der Waals surface area contributed by atoms with E-state index >= 15 is 0 Å². The van der Waals surface area contributed by atoms with Crippen molar-refractivity contribution in [2.75, 3.05) is 12.3 Å². The number of piperidine rings is 1. The molecule has 0 spiro atoms. The smallest absolute Gasteiger partial charge is 0.227 e. The lowest BCUT2D eigenvalue weighted by molar-refractivity contribution is -0.134. The zero-order valence-electron chi connectivity index (χ0n) is 16.1. The van der Waals surface area contributed by atoms with Gasteiger partial charge in [-0.3, -0.25) is 4.79 Å². The van der Waals surface area contributed by atoms with E-state index in [1.54, 1.807) is 24.4 Å². The van der Waals surface area contributed by atoms with Crippen LogP contribution in [0.15, 0.2) is 60.8 Å². The van der Waals surface area contributed by atoms with Crippen molar-refractivity contribution in [3.05, 3.63) is 77.9 Å². The van der Waals surface area contributed by atoms with Gasteiger partial charge in [0.1, 0.15) is 5.82 Å². The third-order valence-electron chi connectivity index (χ3n) is 5.34.